The second kappa shape index (κ2) is 12.5. The van der Waals surface area contributed by atoms with E-state index in [0.717, 1.165) is 18.4 Å². The second-order valence-electron chi connectivity index (χ2n) is 7.05. The van der Waals surface area contributed by atoms with Crippen LogP contribution in [-0.2, 0) is 4.74 Å². The first-order valence-corrected chi connectivity index (χ1v) is 9.76. The molecule has 1 heterocycles. The zero-order valence-electron chi connectivity index (χ0n) is 20.8. The largest absolute Gasteiger partial charge is 0.507 e. The fourth-order valence-electron chi connectivity index (χ4n) is 2.70. The molecular formula is C23H31NO6. The van der Waals surface area contributed by atoms with Crippen LogP contribution in [-0.4, -0.2) is 24.0 Å². The maximum atomic E-state index is 12.6. The summed E-state index contributed by atoms with van der Waals surface area (Å²) in [4.78, 5) is 36.3. The second-order valence-corrected chi connectivity index (χ2v) is 7.05. The number of ether oxygens (including phenoxy) is 1. The Bertz CT molecular complexity index is 989. The van der Waals surface area contributed by atoms with Gasteiger partial charge < -0.3 is 14.3 Å². The van der Waals surface area contributed by atoms with Crippen molar-refractivity contribution >= 4 is 11.9 Å². The number of hydrogen-bond donors (Lipinski definition) is 2. The maximum Gasteiger partial charge on any atom is 0.410 e. The van der Waals surface area contributed by atoms with Crippen LogP contribution in [0.4, 0.5) is 4.79 Å². The molecule has 2 N–H and O–H groups in total. The average Bonchev–Trinajstić information content (AvgIpc) is 2.69. The molecule has 0 aliphatic heterocycles. The van der Waals surface area contributed by atoms with E-state index in [0.29, 0.717) is 18.4 Å². The highest BCUT2D eigenvalue weighted by molar-refractivity contribution is 6.09. The molecule has 1 amide bonds. The van der Waals surface area contributed by atoms with Gasteiger partial charge in [0.25, 0.3) is 0 Å². The van der Waals surface area contributed by atoms with E-state index in [-0.39, 0.29) is 11.7 Å². The van der Waals surface area contributed by atoms with Gasteiger partial charge in [-0.25, -0.2) is 9.59 Å². The number of nitrogens with one attached hydrogen (secondary N) is 1. The number of ketones is 1. The van der Waals surface area contributed by atoms with Crippen molar-refractivity contribution < 1.29 is 28.0 Å². The van der Waals surface area contributed by atoms with Gasteiger partial charge in [-0.15, -0.1) is 0 Å². The molecule has 0 aromatic carbocycles. The molecule has 0 fully saturated rings. The SMILES string of the molecule is [2H]C([2H])([2H])OC(=O)N/C=C/CCC(C)c1cc(O)c(C(=O)/C(C)=C/C=C(\C)CCC)c(=O)o1. The first kappa shape index (κ1) is 20.2. The third kappa shape index (κ3) is 7.73. The van der Waals surface area contributed by atoms with Gasteiger partial charge in [-0.2, -0.15) is 0 Å². The number of allylic oxidation sites excluding steroid dienone is 5. The molecule has 7 heteroatoms. The lowest BCUT2D eigenvalue weighted by Crippen LogP contribution is -2.16. The van der Waals surface area contributed by atoms with Gasteiger partial charge in [0.2, 0.25) is 0 Å². The van der Waals surface area contributed by atoms with E-state index in [1.807, 2.05) is 13.0 Å². The van der Waals surface area contributed by atoms with Crippen LogP contribution in [0.1, 0.15) is 79.5 Å². The third-order valence-electron chi connectivity index (χ3n) is 4.46. The van der Waals surface area contributed by atoms with E-state index >= 15 is 0 Å². The molecule has 0 aliphatic rings. The van der Waals surface area contributed by atoms with E-state index in [2.05, 4.69) is 17.0 Å². The fourth-order valence-corrected chi connectivity index (χ4v) is 2.70. The molecule has 30 heavy (non-hydrogen) atoms. The molecular weight excluding hydrogens is 386 g/mol. The summed E-state index contributed by atoms with van der Waals surface area (Å²) in [6.07, 6.45) is 7.99. The van der Waals surface area contributed by atoms with Crippen molar-refractivity contribution in [3.8, 4) is 5.75 Å². The summed E-state index contributed by atoms with van der Waals surface area (Å²) in [7, 11) is -2.82. The zero-order chi connectivity index (χ0) is 25.2. The lowest BCUT2D eigenvalue weighted by molar-refractivity contribution is 0.102. The first-order valence-electron chi connectivity index (χ1n) is 11.3. The number of carbonyl (C=O) groups excluding carboxylic acids is 2. The summed E-state index contributed by atoms with van der Waals surface area (Å²) in [6, 6.07) is 1.26. The molecule has 1 atom stereocenters. The quantitative estimate of drug-likeness (QED) is 0.314. The van der Waals surface area contributed by atoms with Gasteiger partial charge in [0.1, 0.15) is 17.1 Å². The van der Waals surface area contributed by atoms with Crippen LogP contribution < -0.4 is 10.9 Å². The van der Waals surface area contributed by atoms with Crippen LogP contribution in [0.15, 0.2) is 50.9 Å². The van der Waals surface area contributed by atoms with Crippen LogP contribution in [0.25, 0.3) is 0 Å². The molecule has 164 valence electrons. The number of carbonyl (C=O) groups is 2. The van der Waals surface area contributed by atoms with Crippen molar-refractivity contribution in [2.24, 2.45) is 0 Å². The number of hydrogen-bond acceptors (Lipinski definition) is 6. The van der Waals surface area contributed by atoms with Crippen molar-refractivity contribution in [2.45, 2.75) is 59.3 Å². The molecule has 0 radical (unpaired) electrons. The van der Waals surface area contributed by atoms with E-state index in [9.17, 15) is 19.5 Å². The molecule has 0 aliphatic carbocycles. The minimum atomic E-state index is -2.82. The minimum Gasteiger partial charge on any atom is -0.507 e. The predicted octanol–water partition coefficient (Wildman–Crippen LogP) is 4.97. The Morgan fingerprint density at radius 1 is 1.37 bits per heavy atom. The third-order valence-corrected chi connectivity index (χ3v) is 4.46. The molecule has 1 unspecified atom stereocenters. The molecule has 0 saturated heterocycles. The Morgan fingerprint density at radius 3 is 2.73 bits per heavy atom. The number of amides is 1. The normalized spacial score (nSPS) is 15.3. The highest BCUT2D eigenvalue weighted by atomic mass is 16.5. The Morgan fingerprint density at radius 2 is 2.10 bits per heavy atom. The zero-order valence-corrected chi connectivity index (χ0v) is 17.8. The molecule has 0 saturated carbocycles. The highest BCUT2D eigenvalue weighted by Crippen LogP contribution is 2.26. The van der Waals surface area contributed by atoms with Crippen LogP contribution >= 0.6 is 0 Å². The number of Topliss-reactive ketones (excluding diaryl/α,β-unsaturated/α-hetero) is 1. The Balaban J connectivity index is 2.80. The van der Waals surface area contributed by atoms with Crippen molar-refractivity contribution in [1.29, 1.82) is 0 Å². The van der Waals surface area contributed by atoms with Crippen LogP contribution in [0.2, 0.25) is 0 Å². The fraction of sp³-hybridized carbons (Fsp3) is 0.435. The van der Waals surface area contributed by atoms with E-state index < -0.39 is 35.9 Å². The van der Waals surface area contributed by atoms with Gasteiger partial charge in [-0.1, -0.05) is 44.1 Å². The lowest BCUT2D eigenvalue weighted by Gasteiger charge is -2.11. The minimum absolute atomic E-state index is 0.220. The predicted molar refractivity (Wildman–Crippen MR) is 116 cm³/mol. The average molecular weight is 421 g/mol. The van der Waals surface area contributed by atoms with Crippen molar-refractivity contribution in [3.63, 3.8) is 0 Å². The maximum absolute atomic E-state index is 12.6. The Labute approximate surface area is 181 Å². The van der Waals surface area contributed by atoms with Crippen LogP contribution in [0.5, 0.6) is 5.75 Å². The number of aromatic hydroxyl groups is 1. The van der Waals surface area contributed by atoms with Gasteiger partial charge >= 0.3 is 11.7 Å². The van der Waals surface area contributed by atoms with Gasteiger partial charge in [-0.05, 0) is 38.7 Å². The summed E-state index contributed by atoms with van der Waals surface area (Å²) < 4.78 is 29.9. The van der Waals surface area contributed by atoms with Crippen molar-refractivity contribution in [2.75, 3.05) is 7.04 Å². The standard InChI is InChI=1S/C23H31NO6/c1-6-9-15(2)11-12-17(4)21(26)20-18(25)14-19(30-22(20)27)16(3)10-7-8-13-24-23(28)29-5/h8,11-14,16,25H,6-7,9-10H2,1-5H3,(H,24,28)/b13-8+,15-11+,17-12+/i5D3. The Hall–Kier alpha value is -3.09. The van der Waals surface area contributed by atoms with E-state index in [1.54, 1.807) is 26.0 Å². The van der Waals surface area contributed by atoms with Crippen LogP contribution in [0, 0.1) is 0 Å². The summed E-state index contributed by atoms with van der Waals surface area (Å²) in [5, 5.41) is 12.5. The molecule has 1 aromatic heterocycles. The van der Waals surface area contributed by atoms with Gasteiger partial charge in [-0.3, -0.25) is 10.1 Å². The van der Waals surface area contributed by atoms with E-state index in [1.165, 1.54) is 12.3 Å². The molecule has 0 bridgehead atoms. The summed E-state index contributed by atoms with van der Waals surface area (Å²) >= 11 is 0. The summed E-state index contributed by atoms with van der Waals surface area (Å²) in [6.45, 7) is 7.35. The smallest absolute Gasteiger partial charge is 0.410 e. The topological polar surface area (TPSA) is 106 Å². The monoisotopic (exact) mass is 420 g/mol. The molecule has 7 nitrogen and oxygen atoms in total. The number of alkyl carbamates (subject to hydrolysis) is 1. The highest BCUT2D eigenvalue weighted by Gasteiger charge is 2.21. The summed E-state index contributed by atoms with van der Waals surface area (Å²) in [5.41, 5.74) is 0.0959. The van der Waals surface area contributed by atoms with Crippen molar-refractivity contribution in [1.82, 2.24) is 5.32 Å². The van der Waals surface area contributed by atoms with Crippen LogP contribution in [0.3, 0.4) is 0 Å². The summed E-state index contributed by atoms with van der Waals surface area (Å²) in [5.74, 6) is -1.09. The lowest BCUT2D eigenvalue weighted by atomic mass is 9.99. The van der Waals surface area contributed by atoms with Gasteiger partial charge in [0.15, 0.2) is 5.78 Å². The number of rotatable bonds is 10. The molecule has 1 aromatic rings. The Kier molecular flexibility index (Phi) is 8.39. The first-order chi connectivity index (χ1) is 15.4. The molecule has 1 rings (SSSR count). The van der Waals surface area contributed by atoms with Gasteiger partial charge in [0.05, 0.1) is 11.2 Å². The van der Waals surface area contributed by atoms with Gasteiger partial charge in [0, 0.05) is 18.2 Å². The number of methoxy groups -OCH3 is 1. The van der Waals surface area contributed by atoms with Crippen molar-refractivity contribution in [3.05, 3.63) is 63.4 Å². The molecule has 0 spiro atoms. The van der Waals surface area contributed by atoms with E-state index in [4.69, 9.17) is 8.53 Å².